The molecule has 0 aromatic heterocycles. The van der Waals surface area contributed by atoms with Crippen molar-refractivity contribution in [1.29, 1.82) is 0 Å². The summed E-state index contributed by atoms with van der Waals surface area (Å²) < 4.78 is 0.946. The number of hydrogen-bond donors (Lipinski definition) is 3. The van der Waals surface area contributed by atoms with Crippen LogP contribution in [-0.4, -0.2) is 18.4 Å². The number of nitrogens with one attached hydrogen (secondary N) is 3. The van der Waals surface area contributed by atoms with Crippen LogP contribution in [0.25, 0.3) is 0 Å². The first-order valence-electron chi connectivity index (χ1n) is 8.77. The number of anilines is 3. The van der Waals surface area contributed by atoms with Crippen LogP contribution in [0.2, 0.25) is 0 Å². The van der Waals surface area contributed by atoms with E-state index < -0.39 is 0 Å². The highest BCUT2D eigenvalue weighted by Gasteiger charge is 2.07. The maximum Gasteiger partial charge on any atom is 0.255 e. The van der Waals surface area contributed by atoms with Gasteiger partial charge < -0.3 is 16.0 Å². The van der Waals surface area contributed by atoms with Gasteiger partial charge in [0.15, 0.2) is 0 Å². The maximum absolute atomic E-state index is 12.3. The third-order valence-electron chi connectivity index (χ3n) is 3.98. The third-order valence-corrected chi connectivity index (χ3v) is 4.48. The van der Waals surface area contributed by atoms with Crippen LogP contribution in [0.5, 0.6) is 0 Å². The van der Waals surface area contributed by atoms with Gasteiger partial charge in [0.1, 0.15) is 0 Å². The lowest BCUT2D eigenvalue weighted by atomic mass is 10.1. The van der Waals surface area contributed by atoms with E-state index in [9.17, 15) is 9.59 Å². The Morgan fingerprint density at radius 3 is 2.18 bits per heavy atom. The molecule has 3 N–H and O–H groups in total. The number of carbonyl (C=O) groups excluding carboxylic acids is 2. The van der Waals surface area contributed by atoms with Gasteiger partial charge in [-0.1, -0.05) is 39.7 Å². The number of amides is 2. The smallest absolute Gasteiger partial charge is 0.255 e. The van der Waals surface area contributed by atoms with E-state index in [1.807, 2.05) is 49.4 Å². The minimum Gasteiger partial charge on any atom is -0.376 e. The van der Waals surface area contributed by atoms with Gasteiger partial charge in [-0.15, -0.1) is 0 Å². The molecule has 2 amide bonds. The molecule has 0 aliphatic carbocycles. The minimum atomic E-state index is -0.168. The van der Waals surface area contributed by atoms with E-state index >= 15 is 0 Å². The van der Waals surface area contributed by atoms with Gasteiger partial charge in [-0.25, -0.2) is 0 Å². The maximum atomic E-state index is 12.3. The summed E-state index contributed by atoms with van der Waals surface area (Å²) >= 11 is 3.39. The summed E-state index contributed by atoms with van der Waals surface area (Å²) in [6.07, 6.45) is 0. The highest BCUT2D eigenvalue weighted by molar-refractivity contribution is 9.10. The van der Waals surface area contributed by atoms with Gasteiger partial charge in [-0.2, -0.15) is 0 Å². The first kappa shape index (κ1) is 19.6. The van der Waals surface area contributed by atoms with Crippen molar-refractivity contribution in [3.05, 3.63) is 88.4 Å². The molecule has 0 saturated heterocycles. The SMILES string of the molecule is Cc1cccc(C(=O)Nc2ccc(NC(=O)CNc3cccc(Br)c3)cc2)c1. The van der Waals surface area contributed by atoms with E-state index in [0.717, 1.165) is 15.7 Å². The van der Waals surface area contributed by atoms with Crippen molar-refractivity contribution in [2.45, 2.75) is 6.92 Å². The fourth-order valence-electron chi connectivity index (χ4n) is 2.61. The lowest BCUT2D eigenvalue weighted by molar-refractivity contribution is -0.114. The first-order chi connectivity index (χ1) is 13.5. The zero-order chi connectivity index (χ0) is 19.9. The Bertz CT molecular complexity index is 987. The van der Waals surface area contributed by atoms with E-state index in [0.29, 0.717) is 16.9 Å². The molecule has 0 radical (unpaired) electrons. The molecule has 28 heavy (non-hydrogen) atoms. The Morgan fingerprint density at radius 1 is 0.821 bits per heavy atom. The van der Waals surface area contributed by atoms with Crippen LogP contribution >= 0.6 is 15.9 Å². The highest BCUT2D eigenvalue weighted by atomic mass is 79.9. The van der Waals surface area contributed by atoms with Crippen molar-refractivity contribution in [3.63, 3.8) is 0 Å². The number of halogens is 1. The quantitative estimate of drug-likeness (QED) is 0.504. The van der Waals surface area contributed by atoms with E-state index in [1.165, 1.54) is 0 Å². The molecular weight excluding hydrogens is 418 g/mol. The molecule has 0 aliphatic rings. The van der Waals surface area contributed by atoms with Gasteiger partial charge in [-0.05, 0) is 61.5 Å². The number of rotatable bonds is 6. The summed E-state index contributed by atoms with van der Waals surface area (Å²) in [7, 11) is 0. The molecular formula is C22H20BrN3O2. The van der Waals surface area contributed by atoms with Crippen molar-refractivity contribution in [1.82, 2.24) is 0 Å². The number of aryl methyl sites for hydroxylation is 1. The van der Waals surface area contributed by atoms with E-state index in [4.69, 9.17) is 0 Å². The van der Waals surface area contributed by atoms with Crippen molar-refractivity contribution in [3.8, 4) is 0 Å². The lowest BCUT2D eigenvalue weighted by Gasteiger charge is -2.10. The van der Waals surface area contributed by atoms with Crippen LogP contribution < -0.4 is 16.0 Å². The van der Waals surface area contributed by atoms with Crippen molar-refractivity contribution in [2.24, 2.45) is 0 Å². The summed E-state index contributed by atoms with van der Waals surface area (Å²) in [6, 6.07) is 22.0. The zero-order valence-electron chi connectivity index (χ0n) is 15.3. The molecule has 142 valence electrons. The third kappa shape index (κ3) is 5.69. The van der Waals surface area contributed by atoms with E-state index in [-0.39, 0.29) is 18.4 Å². The standard InChI is InChI=1S/C22H20BrN3O2/c1-15-4-2-5-16(12-15)22(28)26-19-10-8-18(9-11-19)25-21(27)14-24-20-7-3-6-17(23)13-20/h2-13,24H,14H2,1H3,(H,25,27)(H,26,28). The molecule has 6 heteroatoms. The fraction of sp³-hybridized carbons (Fsp3) is 0.0909. The molecule has 0 heterocycles. The highest BCUT2D eigenvalue weighted by Crippen LogP contribution is 2.17. The second-order valence-electron chi connectivity index (χ2n) is 6.31. The average molecular weight is 438 g/mol. The van der Waals surface area contributed by atoms with Crippen LogP contribution in [0.4, 0.5) is 17.1 Å². The normalized spacial score (nSPS) is 10.2. The Morgan fingerprint density at radius 2 is 1.50 bits per heavy atom. The number of hydrogen-bond acceptors (Lipinski definition) is 3. The lowest BCUT2D eigenvalue weighted by Crippen LogP contribution is -2.21. The predicted octanol–water partition coefficient (Wildman–Crippen LogP) is 5.06. The average Bonchev–Trinajstić information content (AvgIpc) is 2.68. The van der Waals surface area contributed by atoms with Crippen molar-refractivity contribution < 1.29 is 9.59 Å². The molecule has 3 aromatic rings. The molecule has 0 unspecified atom stereocenters. The topological polar surface area (TPSA) is 70.2 Å². The fourth-order valence-corrected chi connectivity index (χ4v) is 3.01. The molecule has 3 aromatic carbocycles. The summed E-state index contributed by atoms with van der Waals surface area (Å²) in [4.78, 5) is 24.4. The van der Waals surface area contributed by atoms with Gasteiger partial charge in [-0.3, -0.25) is 9.59 Å². The summed E-state index contributed by atoms with van der Waals surface area (Å²) in [5.41, 5.74) is 3.82. The molecule has 0 saturated carbocycles. The van der Waals surface area contributed by atoms with Crippen molar-refractivity contribution in [2.75, 3.05) is 22.5 Å². The second-order valence-corrected chi connectivity index (χ2v) is 7.23. The van der Waals surface area contributed by atoms with E-state index in [1.54, 1.807) is 30.3 Å². The predicted molar refractivity (Wildman–Crippen MR) is 117 cm³/mol. The Balaban J connectivity index is 1.52. The zero-order valence-corrected chi connectivity index (χ0v) is 16.9. The Kier molecular flexibility index (Phi) is 6.45. The molecule has 3 rings (SSSR count). The summed E-state index contributed by atoms with van der Waals surface area (Å²) in [6.45, 7) is 2.10. The molecule has 5 nitrogen and oxygen atoms in total. The van der Waals surface area contributed by atoms with Gasteiger partial charge in [0, 0.05) is 27.1 Å². The molecule has 0 bridgehead atoms. The van der Waals surface area contributed by atoms with Crippen LogP contribution in [0.1, 0.15) is 15.9 Å². The molecule has 0 spiro atoms. The largest absolute Gasteiger partial charge is 0.376 e. The van der Waals surface area contributed by atoms with Crippen molar-refractivity contribution >= 4 is 44.8 Å². The first-order valence-corrected chi connectivity index (χ1v) is 9.56. The molecule has 0 aliphatic heterocycles. The van der Waals surface area contributed by atoms with Crippen LogP contribution in [-0.2, 0) is 4.79 Å². The Hall–Kier alpha value is -3.12. The summed E-state index contributed by atoms with van der Waals surface area (Å²) in [5, 5.41) is 8.74. The number of benzene rings is 3. The van der Waals surface area contributed by atoms with Gasteiger partial charge in [0.25, 0.3) is 5.91 Å². The van der Waals surface area contributed by atoms with Crippen LogP contribution in [0, 0.1) is 6.92 Å². The Labute approximate surface area is 172 Å². The van der Waals surface area contributed by atoms with Crippen LogP contribution in [0.3, 0.4) is 0 Å². The molecule has 0 atom stereocenters. The van der Waals surface area contributed by atoms with Gasteiger partial charge in [0.2, 0.25) is 5.91 Å². The molecule has 0 fully saturated rings. The van der Waals surface area contributed by atoms with Gasteiger partial charge in [0.05, 0.1) is 6.54 Å². The number of carbonyl (C=O) groups is 2. The summed E-state index contributed by atoms with van der Waals surface area (Å²) in [5.74, 6) is -0.324. The second kappa shape index (κ2) is 9.19. The van der Waals surface area contributed by atoms with E-state index in [2.05, 4.69) is 31.9 Å². The monoisotopic (exact) mass is 437 g/mol. The minimum absolute atomic E-state index is 0.155. The van der Waals surface area contributed by atoms with Gasteiger partial charge >= 0.3 is 0 Å². The van der Waals surface area contributed by atoms with Crippen LogP contribution in [0.15, 0.2) is 77.3 Å².